The fourth-order valence-electron chi connectivity index (χ4n) is 3.23. The molecule has 0 spiro atoms. The number of benzene rings is 2. The van der Waals surface area contributed by atoms with Crippen LogP contribution in [0.1, 0.15) is 11.1 Å². The normalized spacial score (nSPS) is 12.5. The molecule has 1 aliphatic rings. The Morgan fingerprint density at radius 3 is 2.45 bits per heavy atom. The Kier molecular flexibility index (Phi) is 5.80. The van der Waals surface area contributed by atoms with Gasteiger partial charge < -0.3 is 25.3 Å². The molecule has 4 rings (SSSR count). The number of hydrogen-bond acceptors (Lipinski definition) is 6. The van der Waals surface area contributed by atoms with Gasteiger partial charge in [-0.1, -0.05) is 23.2 Å². The topological polar surface area (TPSA) is 78.6 Å². The monoisotopic (exact) mass is 461 g/mol. The molecule has 2 aromatic carbocycles. The molecule has 0 unspecified atom stereocenters. The Morgan fingerprint density at radius 1 is 1.10 bits per heavy atom. The van der Waals surface area contributed by atoms with Crippen LogP contribution in [-0.4, -0.2) is 25.8 Å². The van der Waals surface area contributed by atoms with E-state index < -0.39 is 5.82 Å². The van der Waals surface area contributed by atoms with Crippen molar-refractivity contribution in [3.63, 3.8) is 0 Å². The van der Waals surface area contributed by atoms with E-state index in [0.717, 1.165) is 11.1 Å². The summed E-state index contributed by atoms with van der Waals surface area (Å²) in [4.78, 5) is 4.39. The van der Waals surface area contributed by atoms with Gasteiger partial charge in [-0.2, -0.15) is 0 Å². The zero-order valence-corrected chi connectivity index (χ0v) is 18.1. The zero-order valence-electron chi connectivity index (χ0n) is 16.6. The van der Waals surface area contributed by atoms with Gasteiger partial charge in [0.2, 0.25) is 0 Å². The molecule has 1 aliphatic heterocycles. The summed E-state index contributed by atoms with van der Waals surface area (Å²) in [6.07, 6.45) is 3.55. The Morgan fingerprint density at radius 2 is 1.81 bits per heavy atom. The average Bonchev–Trinajstić information content (AvgIpc) is 2.76. The van der Waals surface area contributed by atoms with Crippen LogP contribution in [0.5, 0.6) is 17.2 Å². The van der Waals surface area contributed by atoms with Crippen molar-refractivity contribution < 1.29 is 18.6 Å². The largest absolute Gasteiger partial charge is 0.495 e. The Bertz CT molecular complexity index is 1170. The lowest BCUT2D eigenvalue weighted by Gasteiger charge is -2.22. The Labute approximate surface area is 188 Å². The minimum Gasteiger partial charge on any atom is -0.495 e. The third-order valence-electron chi connectivity index (χ3n) is 4.78. The van der Waals surface area contributed by atoms with E-state index in [1.165, 1.54) is 26.4 Å². The minimum absolute atomic E-state index is 0.227. The Balaban J connectivity index is 1.68. The van der Waals surface area contributed by atoms with Gasteiger partial charge in [0, 0.05) is 35.0 Å². The predicted molar refractivity (Wildman–Crippen MR) is 121 cm³/mol. The third kappa shape index (κ3) is 4.06. The van der Waals surface area contributed by atoms with E-state index in [-0.39, 0.29) is 12.3 Å². The van der Waals surface area contributed by atoms with Crippen molar-refractivity contribution in [2.75, 3.05) is 31.9 Å². The van der Waals surface area contributed by atoms with Gasteiger partial charge in [-0.3, -0.25) is 0 Å². The molecule has 0 saturated heterocycles. The molecule has 0 radical (unpaired) electrons. The smallest absolute Gasteiger partial charge is 0.141 e. The van der Waals surface area contributed by atoms with Crippen molar-refractivity contribution >= 4 is 52.0 Å². The van der Waals surface area contributed by atoms with Gasteiger partial charge in [-0.25, -0.2) is 9.37 Å². The van der Waals surface area contributed by atoms with E-state index >= 15 is 0 Å². The highest BCUT2D eigenvalue weighted by Crippen LogP contribution is 2.45. The van der Waals surface area contributed by atoms with Gasteiger partial charge in [-0.05, 0) is 24.3 Å². The lowest BCUT2D eigenvalue weighted by atomic mass is 10.0. The van der Waals surface area contributed by atoms with E-state index in [1.807, 2.05) is 6.08 Å². The number of anilines is 3. The highest BCUT2D eigenvalue weighted by Gasteiger charge is 2.23. The van der Waals surface area contributed by atoms with Crippen molar-refractivity contribution in [1.82, 2.24) is 4.98 Å². The number of halogens is 3. The first-order valence-electron chi connectivity index (χ1n) is 9.17. The number of fused-ring (bicyclic) bond motifs is 1. The second-order valence-corrected chi connectivity index (χ2v) is 7.46. The first-order valence-corrected chi connectivity index (χ1v) is 9.92. The van der Waals surface area contributed by atoms with Crippen molar-refractivity contribution in [3.8, 4) is 17.2 Å². The summed E-state index contributed by atoms with van der Waals surface area (Å²) in [6.45, 7) is 0.227. The van der Waals surface area contributed by atoms with Crippen molar-refractivity contribution in [3.05, 3.63) is 63.5 Å². The summed E-state index contributed by atoms with van der Waals surface area (Å²) in [5.74, 6) is 1.60. The molecule has 9 heteroatoms. The maximum atomic E-state index is 13.3. The first-order chi connectivity index (χ1) is 14.9. The molecule has 6 nitrogen and oxygen atoms in total. The van der Waals surface area contributed by atoms with E-state index in [4.69, 9.17) is 43.1 Å². The number of pyridine rings is 1. The molecule has 3 N–H and O–H groups in total. The maximum absolute atomic E-state index is 13.3. The van der Waals surface area contributed by atoms with Crippen LogP contribution >= 0.6 is 23.2 Å². The summed E-state index contributed by atoms with van der Waals surface area (Å²) in [7, 11) is 3.04. The fraction of sp³-hybridized carbons (Fsp3) is 0.136. The Hall–Kier alpha value is -3.16. The number of aromatic nitrogens is 1. The van der Waals surface area contributed by atoms with Crippen molar-refractivity contribution in [2.45, 2.75) is 0 Å². The van der Waals surface area contributed by atoms with Crippen LogP contribution in [0.3, 0.4) is 0 Å². The molecule has 0 atom stereocenters. The molecule has 0 fully saturated rings. The SMILES string of the molecule is COc1cc(OC)c(Cl)c(C2=Cc3cnc(Nc4ccc(F)cc4N)cc3OC2)c1Cl. The van der Waals surface area contributed by atoms with Crippen LogP contribution in [0.4, 0.5) is 21.6 Å². The second-order valence-electron chi connectivity index (χ2n) is 6.71. The van der Waals surface area contributed by atoms with E-state index in [9.17, 15) is 4.39 Å². The molecule has 0 saturated carbocycles. The van der Waals surface area contributed by atoms with E-state index in [1.54, 1.807) is 24.4 Å². The predicted octanol–water partition coefficient (Wildman–Crippen LogP) is 5.80. The summed E-state index contributed by atoms with van der Waals surface area (Å²) in [5, 5.41) is 3.79. The molecular formula is C22H18Cl2FN3O3. The standard InChI is InChI=1S/C22H18Cl2FN3O3/c1-29-17-7-18(30-2)22(24)20(21(17)23)12-5-11-9-27-19(8-16(11)31-10-12)28-15-4-3-13(25)6-14(15)26/h3-9H,10,26H2,1-2H3,(H,27,28). The number of nitrogens with two attached hydrogens (primary N) is 1. The molecule has 0 bridgehead atoms. The quantitative estimate of drug-likeness (QED) is 0.467. The fourth-order valence-corrected chi connectivity index (χ4v) is 3.97. The molecular weight excluding hydrogens is 444 g/mol. The summed E-state index contributed by atoms with van der Waals surface area (Å²) >= 11 is 13.0. The van der Waals surface area contributed by atoms with Crippen LogP contribution in [0, 0.1) is 5.82 Å². The number of nitrogens with one attached hydrogen (secondary N) is 1. The molecule has 3 aromatic rings. The highest BCUT2D eigenvalue weighted by molar-refractivity contribution is 6.39. The number of hydrogen-bond donors (Lipinski definition) is 2. The van der Waals surface area contributed by atoms with Gasteiger partial charge in [0.15, 0.2) is 0 Å². The van der Waals surface area contributed by atoms with Gasteiger partial charge in [0.1, 0.15) is 35.5 Å². The highest BCUT2D eigenvalue weighted by atomic mass is 35.5. The third-order valence-corrected chi connectivity index (χ3v) is 5.53. The van der Waals surface area contributed by atoms with Crippen LogP contribution < -0.4 is 25.3 Å². The average molecular weight is 462 g/mol. The number of nitrogens with zero attached hydrogens (tertiary/aromatic N) is 1. The van der Waals surface area contributed by atoms with Gasteiger partial charge in [0.05, 0.1) is 35.6 Å². The molecule has 0 amide bonds. The van der Waals surface area contributed by atoms with Gasteiger partial charge >= 0.3 is 0 Å². The molecule has 2 heterocycles. The summed E-state index contributed by atoms with van der Waals surface area (Å²) in [6, 6.07) is 7.47. The van der Waals surface area contributed by atoms with Crippen molar-refractivity contribution in [2.24, 2.45) is 0 Å². The van der Waals surface area contributed by atoms with Gasteiger partial charge in [-0.15, -0.1) is 0 Å². The van der Waals surface area contributed by atoms with E-state index in [2.05, 4.69) is 10.3 Å². The molecule has 31 heavy (non-hydrogen) atoms. The number of ether oxygens (including phenoxy) is 3. The van der Waals surface area contributed by atoms with Crippen LogP contribution in [-0.2, 0) is 0 Å². The lowest BCUT2D eigenvalue weighted by Crippen LogP contribution is -2.09. The molecule has 1 aromatic heterocycles. The van der Waals surface area contributed by atoms with Crippen LogP contribution in [0.25, 0.3) is 11.6 Å². The first kappa shape index (κ1) is 21.1. The van der Waals surface area contributed by atoms with Crippen LogP contribution in [0.15, 0.2) is 36.5 Å². The summed E-state index contributed by atoms with van der Waals surface area (Å²) < 4.78 is 29.9. The molecule has 160 valence electrons. The van der Waals surface area contributed by atoms with Gasteiger partial charge in [0.25, 0.3) is 0 Å². The van der Waals surface area contributed by atoms with E-state index in [0.29, 0.717) is 44.4 Å². The number of methoxy groups -OCH3 is 2. The van der Waals surface area contributed by atoms with Crippen LogP contribution in [0.2, 0.25) is 10.0 Å². The summed E-state index contributed by atoms with van der Waals surface area (Å²) in [5.41, 5.74) is 8.74. The zero-order chi connectivity index (χ0) is 22.1. The molecule has 0 aliphatic carbocycles. The number of rotatable bonds is 5. The van der Waals surface area contributed by atoms with Crippen molar-refractivity contribution in [1.29, 1.82) is 0 Å². The number of nitrogen functional groups attached to an aromatic ring is 1. The maximum Gasteiger partial charge on any atom is 0.141 e. The lowest BCUT2D eigenvalue weighted by molar-refractivity contribution is 0.365. The minimum atomic E-state index is -0.408. The second kappa shape index (κ2) is 8.53.